The van der Waals surface area contributed by atoms with Crippen LogP contribution in [-0.2, 0) is 11.0 Å². The summed E-state index contributed by atoms with van der Waals surface area (Å²) in [5.74, 6) is 1.51. The summed E-state index contributed by atoms with van der Waals surface area (Å²) in [6.07, 6.45) is 3.75. The van der Waals surface area contributed by atoms with Gasteiger partial charge in [-0.25, -0.2) is 9.67 Å². The monoisotopic (exact) mass is 531 g/mol. The van der Waals surface area contributed by atoms with Gasteiger partial charge in [0, 0.05) is 11.6 Å². The molecule has 4 aromatic rings. The molecule has 0 fully saturated rings. The number of ether oxygens (including phenoxy) is 1. The lowest BCUT2D eigenvalue weighted by Gasteiger charge is -2.36. The normalized spacial score (nSPS) is 13.2. The number of nitrogens with zero attached hydrogens (tertiary/aromatic N) is 4. The van der Waals surface area contributed by atoms with E-state index in [9.17, 15) is 0 Å². The maximum atomic E-state index is 6.42. The van der Waals surface area contributed by atoms with Crippen LogP contribution in [0.5, 0.6) is 5.75 Å². The number of pyridine rings is 2. The van der Waals surface area contributed by atoms with Crippen molar-refractivity contribution in [1.29, 1.82) is 0 Å². The first kappa shape index (κ1) is 27.9. The Kier molecular flexibility index (Phi) is 8.35. The number of nitrogens with two attached hydrogens (primary N) is 1. The SMILES string of the molecule is CCC[C@H](N)c1cccc(-c2cc(OCC)c3cnn(-c4cccc(CO[Si](C)(C)C(C)(C)C)n4)c3c2)n1. The van der Waals surface area contributed by atoms with Gasteiger partial charge in [-0.3, -0.25) is 4.98 Å². The van der Waals surface area contributed by atoms with Gasteiger partial charge < -0.3 is 14.9 Å². The third-order valence-corrected chi connectivity index (χ3v) is 11.9. The molecule has 3 aromatic heterocycles. The summed E-state index contributed by atoms with van der Waals surface area (Å²) in [5.41, 5.74) is 10.9. The largest absolute Gasteiger partial charge is 0.493 e. The molecule has 0 spiro atoms. The molecule has 0 unspecified atom stereocenters. The molecule has 0 aliphatic heterocycles. The van der Waals surface area contributed by atoms with Crippen molar-refractivity contribution in [2.45, 2.75) is 78.2 Å². The van der Waals surface area contributed by atoms with Gasteiger partial charge in [-0.15, -0.1) is 0 Å². The van der Waals surface area contributed by atoms with E-state index in [-0.39, 0.29) is 11.1 Å². The molecule has 0 amide bonds. The van der Waals surface area contributed by atoms with Crippen LogP contribution in [0.3, 0.4) is 0 Å². The Morgan fingerprint density at radius 1 is 1.03 bits per heavy atom. The van der Waals surface area contributed by atoms with Crippen LogP contribution in [0.4, 0.5) is 0 Å². The van der Waals surface area contributed by atoms with Crippen LogP contribution in [0.1, 0.15) is 64.9 Å². The Hall–Kier alpha value is -3.07. The van der Waals surface area contributed by atoms with Gasteiger partial charge in [0.2, 0.25) is 0 Å². The highest BCUT2D eigenvalue weighted by Gasteiger charge is 2.37. The fraction of sp³-hybridized carbons (Fsp3) is 0.433. The molecule has 8 heteroatoms. The molecule has 0 saturated carbocycles. The Labute approximate surface area is 227 Å². The van der Waals surface area contributed by atoms with Crippen molar-refractivity contribution in [2.75, 3.05) is 6.61 Å². The molecule has 0 saturated heterocycles. The van der Waals surface area contributed by atoms with E-state index in [2.05, 4.69) is 46.9 Å². The molecule has 3 heterocycles. The number of rotatable bonds is 10. The summed E-state index contributed by atoms with van der Waals surface area (Å²) in [6.45, 7) is 16.4. The van der Waals surface area contributed by atoms with Crippen LogP contribution in [0.15, 0.2) is 54.7 Å². The summed E-state index contributed by atoms with van der Waals surface area (Å²) in [7, 11) is -1.89. The molecule has 202 valence electrons. The summed E-state index contributed by atoms with van der Waals surface area (Å²) in [6, 6.07) is 16.1. The molecule has 7 nitrogen and oxygen atoms in total. The van der Waals surface area contributed by atoms with Crippen molar-refractivity contribution in [3.8, 4) is 22.8 Å². The van der Waals surface area contributed by atoms with Gasteiger partial charge in [-0.05, 0) is 67.9 Å². The Bertz CT molecular complexity index is 1390. The summed E-state index contributed by atoms with van der Waals surface area (Å²) < 4.78 is 14.3. The second kappa shape index (κ2) is 11.4. The lowest BCUT2D eigenvalue weighted by atomic mass is 10.1. The van der Waals surface area contributed by atoms with Gasteiger partial charge >= 0.3 is 0 Å². The lowest BCUT2D eigenvalue weighted by Crippen LogP contribution is -2.40. The van der Waals surface area contributed by atoms with Crippen LogP contribution in [0.25, 0.3) is 28.0 Å². The number of aromatic nitrogens is 4. The molecule has 38 heavy (non-hydrogen) atoms. The summed E-state index contributed by atoms with van der Waals surface area (Å²) >= 11 is 0. The minimum atomic E-state index is -1.89. The highest BCUT2D eigenvalue weighted by molar-refractivity contribution is 6.74. The van der Waals surface area contributed by atoms with Crippen molar-refractivity contribution in [1.82, 2.24) is 19.7 Å². The number of benzene rings is 1. The molecular weight excluding hydrogens is 490 g/mol. The molecule has 1 atom stereocenters. The molecule has 4 rings (SSSR count). The van der Waals surface area contributed by atoms with Gasteiger partial charge in [0.05, 0.1) is 47.4 Å². The van der Waals surface area contributed by atoms with Crippen molar-refractivity contribution < 1.29 is 9.16 Å². The fourth-order valence-corrected chi connectivity index (χ4v) is 5.06. The maximum absolute atomic E-state index is 6.42. The van der Waals surface area contributed by atoms with Crippen molar-refractivity contribution in [2.24, 2.45) is 5.73 Å². The Balaban J connectivity index is 1.74. The van der Waals surface area contributed by atoms with Crippen LogP contribution in [0, 0.1) is 0 Å². The summed E-state index contributed by atoms with van der Waals surface area (Å²) in [5, 5.41) is 5.77. The van der Waals surface area contributed by atoms with Gasteiger partial charge in [-0.1, -0.05) is 46.2 Å². The highest BCUT2D eigenvalue weighted by Crippen LogP contribution is 2.37. The maximum Gasteiger partial charge on any atom is 0.192 e. The van der Waals surface area contributed by atoms with Gasteiger partial charge in [0.25, 0.3) is 0 Å². The third-order valence-electron chi connectivity index (χ3n) is 7.39. The van der Waals surface area contributed by atoms with Crippen LogP contribution < -0.4 is 10.5 Å². The van der Waals surface area contributed by atoms with Crippen LogP contribution in [-0.4, -0.2) is 34.7 Å². The highest BCUT2D eigenvalue weighted by atomic mass is 28.4. The average molecular weight is 532 g/mol. The first-order chi connectivity index (χ1) is 18.0. The van der Waals surface area contributed by atoms with Crippen LogP contribution >= 0.6 is 0 Å². The second-order valence-corrected chi connectivity index (χ2v) is 16.1. The third kappa shape index (κ3) is 5.98. The Morgan fingerprint density at radius 3 is 2.50 bits per heavy atom. The van der Waals surface area contributed by atoms with Crippen LogP contribution in [0.2, 0.25) is 18.1 Å². The predicted molar refractivity (Wildman–Crippen MR) is 157 cm³/mol. The summed E-state index contributed by atoms with van der Waals surface area (Å²) in [4.78, 5) is 9.81. The first-order valence-electron chi connectivity index (χ1n) is 13.5. The molecule has 0 aliphatic rings. The smallest absolute Gasteiger partial charge is 0.192 e. The lowest BCUT2D eigenvalue weighted by molar-refractivity contribution is 0.272. The number of hydrogen-bond donors (Lipinski definition) is 1. The topological polar surface area (TPSA) is 88.1 Å². The van der Waals surface area contributed by atoms with E-state index in [0.29, 0.717) is 13.2 Å². The van der Waals surface area contributed by atoms with E-state index in [1.807, 2.05) is 60.3 Å². The quantitative estimate of drug-likeness (QED) is 0.218. The van der Waals surface area contributed by atoms with E-state index in [1.165, 1.54) is 0 Å². The van der Waals surface area contributed by atoms with E-state index in [1.54, 1.807) is 0 Å². The molecule has 0 bridgehead atoms. The van der Waals surface area contributed by atoms with E-state index in [4.69, 9.17) is 30.0 Å². The molecule has 0 aliphatic carbocycles. The van der Waals surface area contributed by atoms with E-state index >= 15 is 0 Å². The van der Waals surface area contributed by atoms with E-state index in [0.717, 1.165) is 58.0 Å². The standard InChI is InChI=1S/C30H41N5O2Si/c1-8-12-24(31)26-15-11-14-25(34-26)21-17-27-23(28(18-21)36-9-2)19-32-35(27)29-16-10-13-22(33-29)20-37-38(6,7)30(3,4)5/h10-11,13-19,24H,8-9,12,20,31H2,1-7H3/t24-/m0/s1. The Morgan fingerprint density at radius 2 is 1.79 bits per heavy atom. The fourth-order valence-electron chi connectivity index (χ4n) is 4.11. The zero-order valence-electron chi connectivity index (χ0n) is 23.8. The predicted octanol–water partition coefficient (Wildman–Crippen LogP) is 7.20. The second-order valence-electron chi connectivity index (χ2n) is 11.3. The minimum absolute atomic E-state index is 0.0824. The number of hydrogen-bond acceptors (Lipinski definition) is 6. The van der Waals surface area contributed by atoms with Gasteiger partial charge in [0.15, 0.2) is 14.1 Å². The molecule has 0 radical (unpaired) electrons. The zero-order chi connectivity index (χ0) is 27.5. The molecular formula is C30H41N5O2Si. The van der Waals surface area contributed by atoms with Gasteiger partial charge in [0.1, 0.15) is 5.75 Å². The number of fused-ring (bicyclic) bond motifs is 1. The van der Waals surface area contributed by atoms with Crippen molar-refractivity contribution in [3.05, 3.63) is 66.1 Å². The molecule has 2 N–H and O–H groups in total. The minimum Gasteiger partial charge on any atom is -0.493 e. The average Bonchev–Trinajstić information content (AvgIpc) is 3.32. The van der Waals surface area contributed by atoms with Crippen molar-refractivity contribution in [3.63, 3.8) is 0 Å². The van der Waals surface area contributed by atoms with Gasteiger partial charge in [-0.2, -0.15) is 5.10 Å². The zero-order valence-corrected chi connectivity index (χ0v) is 24.8. The van der Waals surface area contributed by atoms with E-state index < -0.39 is 8.32 Å². The molecule has 1 aromatic carbocycles. The first-order valence-corrected chi connectivity index (χ1v) is 16.4. The van der Waals surface area contributed by atoms with Crippen molar-refractivity contribution >= 4 is 19.2 Å².